The molecule has 2 aromatic rings. The number of benzene rings is 1. The second-order valence-electron chi connectivity index (χ2n) is 7.75. The number of hydrogen-bond acceptors (Lipinski definition) is 6. The Morgan fingerprint density at radius 2 is 1.97 bits per heavy atom. The molecule has 1 unspecified atom stereocenters. The molecule has 7 heteroatoms. The molecule has 2 fully saturated rings. The molecule has 2 saturated heterocycles. The molecule has 0 bridgehead atoms. The fourth-order valence-corrected chi connectivity index (χ4v) is 4.00. The van der Waals surface area contributed by atoms with Crippen LogP contribution in [0.4, 0.5) is 5.82 Å². The SMILES string of the molecule is O=C(NC1CCCN(c2ccccn2)C1)c1ccccc1OCCN1CCOCC1. The van der Waals surface area contributed by atoms with E-state index in [0.29, 0.717) is 17.9 Å². The van der Waals surface area contributed by atoms with Gasteiger partial charge in [0.1, 0.15) is 18.2 Å². The maximum absolute atomic E-state index is 13.0. The molecule has 1 aromatic carbocycles. The molecule has 0 aliphatic carbocycles. The number of para-hydroxylation sites is 1. The van der Waals surface area contributed by atoms with Crippen LogP contribution in [0.2, 0.25) is 0 Å². The molecule has 30 heavy (non-hydrogen) atoms. The maximum atomic E-state index is 13.0. The number of carbonyl (C=O) groups excluding carboxylic acids is 1. The Bertz CT molecular complexity index is 811. The van der Waals surface area contributed by atoms with Gasteiger partial charge < -0.3 is 19.7 Å². The third kappa shape index (κ3) is 5.49. The van der Waals surface area contributed by atoms with E-state index < -0.39 is 0 Å². The quantitative estimate of drug-likeness (QED) is 0.755. The molecule has 0 spiro atoms. The molecule has 7 nitrogen and oxygen atoms in total. The lowest BCUT2D eigenvalue weighted by Gasteiger charge is -2.34. The highest BCUT2D eigenvalue weighted by molar-refractivity contribution is 5.97. The molecular weight excluding hydrogens is 380 g/mol. The Balaban J connectivity index is 1.32. The molecule has 1 atom stereocenters. The first-order valence-corrected chi connectivity index (χ1v) is 10.8. The van der Waals surface area contributed by atoms with E-state index in [1.54, 1.807) is 0 Å². The molecule has 2 aliphatic heterocycles. The van der Waals surface area contributed by atoms with Gasteiger partial charge in [-0.3, -0.25) is 9.69 Å². The Morgan fingerprint density at radius 3 is 2.80 bits per heavy atom. The summed E-state index contributed by atoms with van der Waals surface area (Å²) in [5, 5.41) is 3.20. The summed E-state index contributed by atoms with van der Waals surface area (Å²) < 4.78 is 11.4. The van der Waals surface area contributed by atoms with Crippen LogP contribution in [0.15, 0.2) is 48.7 Å². The Morgan fingerprint density at radius 1 is 1.13 bits per heavy atom. The molecule has 0 radical (unpaired) electrons. The number of nitrogens with zero attached hydrogens (tertiary/aromatic N) is 3. The molecule has 1 amide bonds. The van der Waals surface area contributed by atoms with E-state index in [0.717, 1.165) is 64.6 Å². The molecule has 160 valence electrons. The Hall–Kier alpha value is -2.64. The van der Waals surface area contributed by atoms with E-state index in [2.05, 4.69) is 20.1 Å². The summed E-state index contributed by atoms with van der Waals surface area (Å²) in [6.07, 6.45) is 3.80. The van der Waals surface area contributed by atoms with Crippen molar-refractivity contribution >= 4 is 11.7 Å². The second kappa shape index (κ2) is 10.4. The largest absolute Gasteiger partial charge is 0.491 e. The van der Waals surface area contributed by atoms with Crippen LogP contribution in [-0.2, 0) is 4.74 Å². The zero-order valence-electron chi connectivity index (χ0n) is 17.3. The van der Waals surface area contributed by atoms with Crippen LogP contribution in [0.1, 0.15) is 23.2 Å². The van der Waals surface area contributed by atoms with Crippen LogP contribution in [0, 0.1) is 0 Å². The van der Waals surface area contributed by atoms with Gasteiger partial charge in [-0.2, -0.15) is 0 Å². The standard InChI is InChI=1S/C23H30N4O3/c28-23(25-19-6-5-11-27(18-19)22-9-3-4-10-24-22)20-7-1-2-8-21(20)30-17-14-26-12-15-29-16-13-26/h1-4,7-10,19H,5-6,11-18H2,(H,25,28). The van der Waals surface area contributed by atoms with E-state index in [1.165, 1.54) is 0 Å². The van der Waals surface area contributed by atoms with Gasteiger partial charge in [0.25, 0.3) is 5.91 Å². The lowest BCUT2D eigenvalue weighted by atomic mass is 10.0. The van der Waals surface area contributed by atoms with Crippen LogP contribution in [-0.4, -0.2) is 74.4 Å². The number of ether oxygens (including phenoxy) is 2. The monoisotopic (exact) mass is 410 g/mol. The molecule has 4 rings (SSSR count). The number of amides is 1. The van der Waals surface area contributed by atoms with Crippen molar-refractivity contribution in [1.29, 1.82) is 0 Å². The first kappa shape index (κ1) is 20.6. The normalized spacial score (nSPS) is 20.0. The van der Waals surface area contributed by atoms with Crippen molar-refractivity contribution in [3.8, 4) is 5.75 Å². The summed E-state index contributed by atoms with van der Waals surface area (Å²) in [4.78, 5) is 22.0. The summed E-state index contributed by atoms with van der Waals surface area (Å²) in [6.45, 7) is 6.53. The molecule has 1 N–H and O–H groups in total. The van der Waals surface area contributed by atoms with Crippen LogP contribution < -0.4 is 15.0 Å². The minimum atomic E-state index is -0.0788. The summed E-state index contributed by atoms with van der Waals surface area (Å²) in [6, 6.07) is 13.5. The lowest BCUT2D eigenvalue weighted by molar-refractivity contribution is 0.0322. The van der Waals surface area contributed by atoms with Crippen molar-refractivity contribution in [2.45, 2.75) is 18.9 Å². The molecule has 0 saturated carbocycles. The maximum Gasteiger partial charge on any atom is 0.255 e. The highest BCUT2D eigenvalue weighted by Gasteiger charge is 2.24. The predicted molar refractivity (Wildman–Crippen MR) is 116 cm³/mol. The van der Waals surface area contributed by atoms with Gasteiger partial charge in [0, 0.05) is 45.0 Å². The van der Waals surface area contributed by atoms with E-state index in [1.807, 2.05) is 48.7 Å². The first-order valence-electron chi connectivity index (χ1n) is 10.8. The van der Waals surface area contributed by atoms with Gasteiger partial charge in [-0.15, -0.1) is 0 Å². The van der Waals surface area contributed by atoms with Crippen LogP contribution in [0.25, 0.3) is 0 Å². The van der Waals surface area contributed by atoms with Gasteiger partial charge in [0.15, 0.2) is 0 Å². The zero-order valence-corrected chi connectivity index (χ0v) is 17.3. The Kier molecular flexibility index (Phi) is 7.16. The van der Waals surface area contributed by atoms with Gasteiger partial charge in [-0.05, 0) is 37.1 Å². The van der Waals surface area contributed by atoms with Crippen molar-refractivity contribution < 1.29 is 14.3 Å². The van der Waals surface area contributed by atoms with E-state index in [9.17, 15) is 4.79 Å². The van der Waals surface area contributed by atoms with Crippen molar-refractivity contribution in [3.63, 3.8) is 0 Å². The van der Waals surface area contributed by atoms with Crippen LogP contribution in [0.5, 0.6) is 5.75 Å². The predicted octanol–water partition coefficient (Wildman–Crippen LogP) is 2.19. The first-order chi connectivity index (χ1) is 14.8. The highest BCUT2D eigenvalue weighted by atomic mass is 16.5. The number of morpholine rings is 1. The summed E-state index contributed by atoms with van der Waals surface area (Å²) in [5.74, 6) is 1.52. The van der Waals surface area contributed by atoms with Gasteiger partial charge in [-0.25, -0.2) is 4.98 Å². The number of pyridine rings is 1. The third-order valence-electron chi connectivity index (χ3n) is 5.63. The van der Waals surface area contributed by atoms with E-state index in [-0.39, 0.29) is 11.9 Å². The number of nitrogens with one attached hydrogen (secondary N) is 1. The highest BCUT2D eigenvalue weighted by Crippen LogP contribution is 2.21. The fraction of sp³-hybridized carbons (Fsp3) is 0.478. The molecule has 2 aliphatic rings. The van der Waals surface area contributed by atoms with Crippen molar-refractivity contribution in [2.24, 2.45) is 0 Å². The molecule has 1 aromatic heterocycles. The Labute approximate surface area is 178 Å². The second-order valence-corrected chi connectivity index (χ2v) is 7.75. The van der Waals surface area contributed by atoms with Crippen molar-refractivity contribution in [2.75, 3.05) is 57.4 Å². The van der Waals surface area contributed by atoms with Gasteiger partial charge in [0.05, 0.1) is 18.8 Å². The number of hydrogen-bond donors (Lipinski definition) is 1. The average molecular weight is 411 g/mol. The number of anilines is 1. The average Bonchev–Trinajstić information content (AvgIpc) is 2.81. The van der Waals surface area contributed by atoms with E-state index in [4.69, 9.17) is 9.47 Å². The van der Waals surface area contributed by atoms with Crippen molar-refractivity contribution in [1.82, 2.24) is 15.2 Å². The number of aromatic nitrogens is 1. The summed E-state index contributed by atoms with van der Waals surface area (Å²) >= 11 is 0. The molecular formula is C23H30N4O3. The fourth-order valence-electron chi connectivity index (χ4n) is 4.00. The summed E-state index contributed by atoms with van der Waals surface area (Å²) in [5.41, 5.74) is 0.592. The minimum absolute atomic E-state index is 0.0788. The topological polar surface area (TPSA) is 66.9 Å². The smallest absolute Gasteiger partial charge is 0.255 e. The lowest BCUT2D eigenvalue weighted by Crippen LogP contribution is -2.48. The zero-order chi connectivity index (χ0) is 20.6. The summed E-state index contributed by atoms with van der Waals surface area (Å²) in [7, 11) is 0. The molecule has 3 heterocycles. The number of piperidine rings is 1. The van der Waals surface area contributed by atoms with Crippen LogP contribution in [0.3, 0.4) is 0 Å². The number of rotatable bonds is 7. The van der Waals surface area contributed by atoms with Gasteiger partial charge in [0.2, 0.25) is 0 Å². The number of carbonyl (C=O) groups is 1. The van der Waals surface area contributed by atoms with Gasteiger partial charge in [-0.1, -0.05) is 18.2 Å². The minimum Gasteiger partial charge on any atom is -0.491 e. The van der Waals surface area contributed by atoms with E-state index >= 15 is 0 Å². The van der Waals surface area contributed by atoms with Crippen LogP contribution >= 0.6 is 0 Å². The third-order valence-corrected chi connectivity index (χ3v) is 5.63. The van der Waals surface area contributed by atoms with Crippen molar-refractivity contribution in [3.05, 3.63) is 54.2 Å². The van der Waals surface area contributed by atoms with Gasteiger partial charge >= 0.3 is 0 Å².